The topological polar surface area (TPSA) is 86.5 Å². The van der Waals surface area contributed by atoms with Gasteiger partial charge in [-0.15, -0.1) is 0 Å². The van der Waals surface area contributed by atoms with Crippen molar-refractivity contribution in [2.45, 2.75) is 24.8 Å². The molecule has 1 atom stereocenters. The summed E-state index contributed by atoms with van der Waals surface area (Å²) in [5.41, 5.74) is 1.25. The third-order valence-electron chi connectivity index (χ3n) is 3.13. The summed E-state index contributed by atoms with van der Waals surface area (Å²) in [6.45, 7) is 3.38. The molecule has 0 heterocycles. The van der Waals surface area contributed by atoms with E-state index in [9.17, 15) is 18.5 Å². The lowest BCUT2D eigenvalue weighted by molar-refractivity contribution is -0.385. The molecule has 116 valence electrons. The fourth-order valence-corrected chi connectivity index (χ4v) is 2.97. The Morgan fingerprint density at radius 1 is 1.14 bits per heavy atom. The lowest BCUT2D eigenvalue weighted by atomic mass is 10.1. The summed E-state index contributed by atoms with van der Waals surface area (Å²) in [6.07, 6.45) is -0.828. The third kappa shape index (κ3) is 3.69. The van der Waals surface area contributed by atoms with E-state index in [2.05, 4.69) is 0 Å². The normalized spacial score (nSPS) is 12.8. The smallest absolute Gasteiger partial charge is 0.258 e. The van der Waals surface area contributed by atoms with E-state index in [0.29, 0.717) is 5.56 Å². The van der Waals surface area contributed by atoms with Crippen LogP contribution in [0.3, 0.4) is 0 Å². The molecule has 0 aliphatic rings. The molecule has 22 heavy (non-hydrogen) atoms. The van der Waals surface area contributed by atoms with Gasteiger partial charge in [0.15, 0.2) is 0 Å². The highest BCUT2D eigenvalue weighted by Crippen LogP contribution is 2.26. The number of nitro benzene ring substituents is 1. The molecule has 0 unspecified atom stereocenters. The minimum atomic E-state index is -3.93. The molecular formula is C15H15NO5S. The summed E-state index contributed by atoms with van der Waals surface area (Å²) in [6, 6.07) is 12.0. The average Bonchev–Trinajstić information content (AvgIpc) is 2.47. The molecule has 0 aromatic heterocycles. The van der Waals surface area contributed by atoms with Crippen molar-refractivity contribution < 1.29 is 17.5 Å². The predicted octanol–water partition coefficient (Wildman–Crippen LogP) is 3.37. The molecule has 0 bridgehead atoms. The van der Waals surface area contributed by atoms with Crippen molar-refractivity contribution in [1.82, 2.24) is 0 Å². The first-order valence-corrected chi connectivity index (χ1v) is 7.95. The number of hydrogen-bond acceptors (Lipinski definition) is 5. The summed E-state index contributed by atoms with van der Waals surface area (Å²) in [5, 5.41) is 10.8. The van der Waals surface area contributed by atoms with Crippen LogP contribution in [0.15, 0.2) is 53.4 Å². The molecule has 0 aliphatic carbocycles. The number of aryl methyl sites for hydroxylation is 1. The zero-order valence-corrected chi connectivity index (χ0v) is 12.9. The zero-order valence-electron chi connectivity index (χ0n) is 12.1. The van der Waals surface area contributed by atoms with Crippen molar-refractivity contribution >= 4 is 15.8 Å². The van der Waals surface area contributed by atoms with Gasteiger partial charge in [0.2, 0.25) is 0 Å². The molecule has 0 saturated carbocycles. The Labute approximate surface area is 128 Å². The van der Waals surface area contributed by atoms with Crippen LogP contribution in [-0.4, -0.2) is 13.3 Å². The van der Waals surface area contributed by atoms with Crippen LogP contribution < -0.4 is 0 Å². The third-order valence-corrected chi connectivity index (χ3v) is 4.52. The van der Waals surface area contributed by atoms with Gasteiger partial charge in [-0.25, -0.2) is 0 Å². The SMILES string of the molecule is Cc1ccc(S(=O)(=O)O[C@H](C)c2cccc([N+](=O)[O-])c2)cc1. The van der Waals surface area contributed by atoms with Crippen LogP contribution in [0.4, 0.5) is 5.69 Å². The van der Waals surface area contributed by atoms with E-state index < -0.39 is 21.1 Å². The molecule has 0 saturated heterocycles. The Balaban J connectivity index is 2.24. The highest BCUT2D eigenvalue weighted by Gasteiger charge is 2.21. The van der Waals surface area contributed by atoms with Crippen molar-refractivity contribution in [3.05, 3.63) is 69.8 Å². The highest BCUT2D eigenvalue weighted by atomic mass is 32.2. The van der Waals surface area contributed by atoms with Gasteiger partial charge in [-0.05, 0) is 31.5 Å². The molecule has 0 N–H and O–H groups in total. The molecule has 2 aromatic rings. The fourth-order valence-electron chi connectivity index (χ4n) is 1.90. The minimum absolute atomic E-state index is 0.0513. The number of hydrogen-bond donors (Lipinski definition) is 0. The highest BCUT2D eigenvalue weighted by molar-refractivity contribution is 7.86. The van der Waals surface area contributed by atoms with E-state index in [1.165, 1.54) is 37.3 Å². The van der Waals surface area contributed by atoms with Crippen LogP contribution in [0, 0.1) is 17.0 Å². The van der Waals surface area contributed by atoms with Crippen LogP contribution >= 0.6 is 0 Å². The lowest BCUT2D eigenvalue weighted by Crippen LogP contribution is -2.10. The largest absolute Gasteiger partial charge is 0.297 e. The van der Waals surface area contributed by atoms with Gasteiger partial charge in [0.25, 0.3) is 15.8 Å². The molecule has 2 rings (SSSR count). The second kappa shape index (κ2) is 6.25. The maximum absolute atomic E-state index is 12.2. The standard InChI is InChI=1S/C15H15NO5S/c1-11-6-8-15(9-7-11)22(19,20)21-12(2)13-4-3-5-14(10-13)16(17)18/h3-10,12H,1-2H3/t12-/m1/s1. The Bertz CT molecular complexity index is 784. The van der Waals surface area contributed by atoms with Crippen LogP contribution in [0.1, 0.15) is 24.2 Å². The Hall–Kier alpha value is -2.25. The van der Waals surface area contributed by atoms with E-state index >= 15 is 0 Å². The second-order valence-corrected chi connectivity index (χ2v) is 6.43. The van der Waals surface area contributed by atoms with Gasteiger partial charge in [0.05, 0.1) is 15.9 Å². The molecule has 2 aromatic carbocycles. The number of non-ortho nitro benzene ring substituents is 1. The first-order valence-electron chi connectivity index (χ1n) is 6.54. The van der Waals surface area contributed by atoms with Crippen molar-refractivity contribution in [2.75, 3.05) is 0 Å². The van der Waals surface area contributed by atoms with E-state index in [4.69, 9.17) is 4.18 Å². The average molecular weight is 321 g/mol. The van der Waals surface area contributed by atoms with E-state index in [1.54, 1.807) is 18.2 Å². The number of rotatable bonds is 5. The molecule has 0 radical (unpaired) electrons. The fraction of sp³-hybridized carbons (Fsp3) is 0.200. The second-order valence-electron chi connectivity index (χ2n) is 4.86. The number of nitrogens with zero attached hydrogens (tertiary/aromatic N) is 1. The maximum Gasteiger partial charge on any atom is 0.297 e. The Morgan fingerprint density at radius 2 is 1.77 bits per heavy atom. The van der Waals surface area contributed by atoms with Gasteiger partial charge in [0.1, 0.15) is 0 Å². The first kappa shape index (κ1) is 16.1. The summed E-state index contributed by atoms with van der Waals surface area (Å²) in [7, 11) is -3.93. The minimum Gasteiger partial charge on any atom is -0.258 e. The van der Waals surface area contributed by atoms with Crippen molar-refractivity contribution in [3.8, 4) is 0 Å². The zero-order chi connectivity index (χ0) is 16.3. The first-order chi connectivity index (χ1) is 10.3. The molecule has 0 aliphatic heterocycles. The monoisotopic (exact) mass is 321 g/mol. The van der Waals surface area contributed by atoms with Crippen molar-refractivity contribution in [3.63, 3.8) is 0 Å². The predicted molar refractivity (Wildman–Crippen MR) is 81.0 cm³/mol. The molecule has 7 heteroatoms. The van der Waals surface area contributed by atoms with Crippen LogP contribution in [0.25, 0.3) is 0 Å². The van der Waals surface area contributed by atoms with Gasteiger partial charge in [-0.2, -0.15) is 8.42 Å². The molecular weight excluding hydrogens is 306 g/mol. The Morgan fingerprint density at radius 3 is 2.36 bits per heavy atom. The van der Waals surface area contributed by atoms with Crippen molar-refractivity contribution in [1.29, 1.82) is 0 Å². The number of benzene rings is 2. The molecule has 0 amide bonds. The van der Waals surface area contributed by atoms with E-state index in [0.717, 1.165) is 5.56 Å². The van der Waals surface area contributed by atoms with Gasteiger partial charge < -0.3 is 0 Å². The van der Waals surface area contributed by atoms with E-state index in [1.807, 2.05) is 6.92 Å². The van der Waals surface area contributed by atoms with Gasteiger partial charge >= 0.3 is 0 Å². The number of nitro groups is 1. The summed E-state index contributed by atoms with van der Waals surface area (Å²) in [4.78, 5) is 10.3. The molecule has 6 nitrogen and oxygen atoms in total. The maximum atomic E-state index is 12.2. The summed E-state index contributed by atoms with van der Waals surface area (Å²) in [5.74, 6) is 0. The quantitative estimate of drug-likeness (QED) is 0.479. The summed E-state index contributed by atoms with van der Waals surface area (Å²) < 4.78 is 29.5. The van der Waals surface area contributed by atoms with Crippen LogP contribution in [0.2, 0.25) is 0 Å². The van der Waals surface area contributed by atoms with Crippen LogP contribution in [-0.2, 0) is 14.3 Å². The van der Waals surface area contributed by atoms with Crippen LogP contribution in [0.5, 0.6) is 0 Å². The summed E-state index contributed by atoms with van der Waals surface area (Å²) >= 11 is 0. The van der Waals surface area contributed by atoms with Gasteiger partial charge in [0, 0.05) is 12.1 Å². The van der Waals surface area contributed by atoms with E-state index in [-0.39, 0.29) is 10.6 Å². The Kier molecular flexibility index (Phi) is 4.58. The van der Waals surface area contributed by atoms with Gasteiger partial charge in [-0.1, -0.05) is 29.8 Å². The molecule has 0 fully saturated rings. The molecule has 0 spiro atoms. The van der Waals surface area contributed by atoms with Crippen molar-refractivity contribution in [2.24, 2.45) is 0 Å². The van der Waals surface area contributed by atoms with Gasteiger partial charge in [-0.3, -0.25) is 14.3 Å². The lowest BCUT2D eigenvalue weighted by Gasteiger charge is -2.13.